The second-order valence-electron chi connectivity index (χ2n) is 5.35. The van der Waals surface area contributed by atoms with Crippen molar-refractivity contribution in [3.8, 4) is 5.75 Å². The van der Waals surface area contributed by atoms with Crippen LogP contribution in [-0.4, -0.2) is 20.9 Å². The highest BCUT2D eigenvalue weighted by molar-refractivity contribution is 7.91. The first-order valence-corrected chi connectivity index (χ1v) is 9.12. The summed E-state index contributed by atoms with van der Waals surface area (Å²) in [4.78, 5) is 0. The van der Waals surface area contributed by atoms with Gasteiger partial charge in [0.05, 0.1) is 17.9 Å². The maximum atomic E-state index is 11.5. The van der Waals surface area contributed by atoms with E-state index in [4.69, 9.17) is 10.5 Å². The number of hydrogen-bond acceptors (Lipinski definition) is 4. The molecular weight excluding hydrogens is 302 g/mol. The van der Waals surface area contributed by atoms with E-state index in [0.29, 0.717) is 23.6 Å². The van der Waals surface area contributed by atoms with Crippen LogP contribution in [0.2, 0.25) is 0 Å². The average molecular weight is 325 g/mol. The molecule has 22 heavy (non-hydrogen) atoms. The Morgan fingerprint density at radius 1 is 1.18 bits per heavy atom. The van der Waals surface area contributed by atoms with Gasteiger partial charge in [0, 0.05) is 0 Å². The minimum atomic E-state index is -3.74. The van der Waals surface area contributed by atoms with Crippen molar-refractivity contribution < 1.29 is 13.2 Å². The van der Waals surface area contributed by atoms with Crippen LogP contribution in [0.3, 0.4) is 0 Å². The molecule has 0 spiro atoms. The number of unbranched alkanes of at least 4 members (excludes halogenated alkanes) is 5. The van der Waals surface area contributed by atoms with Crippen LogP contribution in [-0.2, 0) is 10.2 Å². The second kappa shape index (κ2) is 7.49. The van der Waals surface area contributed by atoms with Gasteiger partial charge in [0.2, 0.25) is 0 Å². The topological polar surface area (TPSA) is 93.8 Å². The minimum Gasteiger partial charge on any atom is -0.493 e. The second-order valence-corrected chi connectivity index (χ2v) is 6.69. The lowest BCUT2D eigenvalue weighted by molar-refractivity contribution is 0.304. The molecule has 1 aromatic carbocycles. The van der Waals surface area contributed by atoms with Crippen molar-refractivity contribution in [3.63, 3.8) is 0 Å². The SMILES string of the molecule is CCCCCCCCOc1cccc2c1C(N)=NS(=O)(=O)N2. The Bertz CT molecular complexity index is 641. The normalized spacial score (nSPS) is 15.6. The highest BCUT2D eigenvalue weighted by Crippen LogP contribution is 2.30. The van der Waals surface area contributed by atoms with E-state index in [-0.39, 0.29) is 5.84 Å². The Kier molecular flexibility index (Phi) is 5.65. The van der Waals surface area contributed by atoms with Gasteiger partial charge in [-0.15, -0.1) is 4.40 Å². The van der Waals surface area contributed by atoms with E-state index in [2.05, 4.69) is 16.0 Å². The van der Waals surface area contributed by atoms with Gasteiger partial charge in [-0.25, -0.2) is 0 Å². The van der Waals surface area contributed by atoms with Crippen LogP contribution in [0, 0.1) is 0 Å². The minimum absolute atomic E-state index is 0.0349. The van der Waals surface area contributed by atoms with Gasteiger partial charge in [-0.3, -0.25) is 4.72 Å². The first-order valence-electron chi connectivity index (χ1n) is 7.68. The number of fused-ring (bicyclic) bond motifs is 1. The Morgan fingerprint density at radius 2 is 1.91 bits per heavy atom. The van der Waals surface area contributed by atoms with Crippen LogP contribution in [0.15, 0.2) is 22.6 Å². The van der Waals surface area contributed by atoms with E-state index in [9.17, 15) is 8.42 Å². The monoisotopic (exact) mass is 325 g/mol. The number of benzene rings is 1. The summed E-state index contributed by atoms with van der Waals surface area (Å²) in [6, 6.07) is 5.15. The highest BCUT2D eigenvalue weighted by atomic mass is 32.2. The van der Waals surface area contributed by atoms with Gasteiger partial charge in [0.25, 0.3) is 0 Å². The van der Waals surface area contributed by atoms with Crippen molar-refractivity contribution in [1.82, 2.24) is 0 Å². The molecule has 0 saturated heterocycles. The molecule has 1 aromatic rings. The molecule has 0 amide bonds. The molecule has 0 bridgehead atoms. The molecule has 0 aromatic heterocycles. The molecule has 1 heterocycles. The molecule has 0 saturated carbocycles. The lowest BCUT2D eigenvalue weighted by Crippen LogP contribution is -2.27. The highest BCUT2D eigenvalue weighted by Gasteiger charge is 2.24. The van der Waals surface area contributed by atoms with Crippen molar-refractivity contribution in [2.45, 2.75) is 45.4 Å². The zero-order valence-electron chi connectivity index (χ0n) is 12.8. The summed E-state index contributed by atoms with van der Waals surface area (Å²) in [6.07, 6.45) is 7.09. The largest absolute Gasteiger partial charge is 0.493 e. The van der Waals surface area contributed by atoms with Crippen LogP contribution >= 0.6 is 0 Å². The Morgan fingerprint density at radius 3 is 2.68 bits per heavy atom. The third kappa shape index (κ3) is 4.37. The quantitative estimate of drug-likeness (QED) is 0.719. The van der Waals surface area contributed by atoms with Crippen molar-refractivity contribution in [2.24, 2.45) is 10.1 Å². The van der Waals surface area contributed by atoms with Gasteiger partial charge in [-0.05, 0) is 18.6 Å². The zero-order chi connectivity index (χ0) is 16.0. The fourth-order valence-electron chi connectivity index (χ4n) is 2.40. The summed E-state index contributed by atoms with van der Waals surface area (Å²) in [5.74, 6) is 0.530. The summed E-state index contributed by atoms with van der Waals surface area (Å²) in [7, 11) is -3.74. The summed E-state index contributed by atoms with van der Waals surface area (Å²) < 4.78 is 34.6. The number of hydrogen-bond donors (Lipinski definition) is 2. The smallest absolute Gasteiger partial charge is 0.344 e. The number of ether oxygens (including phenoxy) is 1. The average Bonchev–Trinajstić information content (AvgIpc) is 2.44. The van der Waals surface area contributed by atoms with Crippen LogP contribution in [0.1, 0.15) is 51.0 Å². The fraction of sp³-hybridized carbons (Fsp3) is 0.533. The van der Waals surface area contributed by atoms with Gasteiger partial charge in [-0.2, -0.15) is 8.42 Å². The van der Waals surface area contributed by atoms with Gasteiger partial charge in [0.1, 0.15) is 5.75 Å². The van der Waals surface area contributed by atoms with Gasteiger partial charge >= 0.3 is 10.2 Å². The summed E-state index contributed by atoms with van der Waals surface area (Å²) in [5, 5.41) is 0. The molecule has 0 unspecified atom stereocenters. The molecule has 0 fully saturated rings. The fourth-order valence-corrected chi connectivity index (χ4v) is 3.25. The standard InChI is InChI=1S/C15H23N3O3S/c1-2-3-4-5-6-7-11-21-13-10-8-9-12-14(13)15(16)18-22(19,20)17-12/h8-10,17H,2-7,11H2,1H3,(H2,16,18). The molecular formula is C15H23N3O3S. The predicted octanol–water partition coefficient (Wildman–Crippen LogP) is 2.80. The van der Waals surface area contributed by atoms with Crippen molar-refractivity contribution >= 4 is 21.7 Å². The number of anilines is 1. The van der Waals surface area contributed by atoms with E-state index in [1.54, 1.807) is 18.2 Å². The van der Waals surface area contributed by atoms with Crippen LogP contribution in [0.25, 0.3) is 0 Å². The number of amidine groups is 1. The van der Waals surface area contributed by atoms with Gasteiger partial charge in [0.15, 0.2) is 5.84 Å². The van der Waals surface area contributed by atoms with Gasteiger partial charge < -0.3 is 10.5 Å². The number of nitrogens with two attached hydrogens (primary N) is 1. The Balaban J connectivity index is 1.94. The molecule has 6 nitrogen and oxygen atoms in total. The molecule has 0 atom stereocenters. The Hall–Kier alpha value is -1.76. The predicted molar refractivity (Wildman–Crippen MR) is 88.6 cm³/mol. The lowest BCUT2D eigenvalue weighted by Gasteiger charge is -2.19. The molecule has 2 rings (SSSR count). The molecule has 3 N–H and O–H groups in total. The summed E-state index contributed by atoms with van der Waals surface area (Å²) >= 11 is 0. The van der Waals surface area contributed by atoms with Crippen LogP contribution in [0.4, 0.5) is 5.69 Å². The zero-order valence-corrected chi connectivity index (χ0v) is 13.7. The van der Waals surface area contributed by atoms with Crippen molar-refractivity contribution in [1.29, 1.82) is 0 Å². The molecule has 7 heteroatoms. The maximum absolute atomic E-state index is 11.5. The third-order valence-corrected chi connectivity index (χ3v) is 4.41. The first-order chi connectivity index (χ1) is 10.5. The van der Waals surface area contributed by atoms with E-state index >= 15 is 0 Å². The summed E-state index contributed by atoms with van der Waals surface area (Å²) in [6.45, 7) is 2.78. The molecule has 1 aliphatic heterocycles. The van der Waals surface area contributed by atoms with E-state index in [1.165, 1.54) is 25.7 Å². The molecule has 0 radical (unpaired) electrons. The number of rotatable bonds is 8. The van der Waals surface area contributed by atoms with Gasteiger partial charge in [-0.1, -0.05) is 45.1 Å². The van der Waals surface area contributed by atoms with Crippen molar-refractivity contribution in [2.75, 3.05) is 11.3 Å². The Labute approximate surface area is 132 Å². The van der Waals surface area contributed by atoms with E-state index in [0.717, 1.165) is 12.8 Å². The molecule has 0 aliphatic carbocycles. The third-order valence-electron chi connectivity index (χ3n) is 3.50. The first kappa shape index (κ1) is 16.6. The van der Waals surface area contributed by atoms with Crippen LogP contribution in [0.5, 0.6) is 5.75 Å². The molecule has 1 aliphatic rings. The maximum Gasteiger partial charge on any atom is 0.344 e. The number of nitrogens with one attached hydrogen (secondary N) is 1. The van der Waals surface area contributed by atoms with Crippen molar-refractivity contribution in [3.05, 3.63) is 23.8 Å². The van der Waals surface area contributed by atoms with E-state index < -0.39 is 10.2 Å². The molecule has 122 valence electrons. The van der Waals surface area contributed by atoms with Crippen LogP contribution < -0.4 is 15.2 Å². The van der Waals surface area contributed by atoms with E-state index in [1.807, 2.05) is 0 Å². The summed E-state index contributed by atoms with van der Waals surface area (Å²) in [5.41, 5.74) is 6.69. The lowest BCUT2D eigenvalue weighted by atomic mass is 10.1. The number of nitrogens with zero attached hydrogens (tertiary/aromatic N) is 1.